The van der Waals surface area contributed by atoms with Crippen LogP contribution in [0.2, 0.25) is 5.02 Å². The highest BCUT2D eigenvalue weighted by Gasteiger charge is 2.31. The van der Waals surface area contributed by atoms with Crippen LogP contribution in [-0.2, 0) is 22.7 Å². The summed E-state index contributed by atoms with van der Waals surface area (Å²) < 4.78 is 26.6. The Morgan fingerprint density at radius 3 is 2.77 bits per heavy atom. The summed E-state index contributed by atoms with van der Waals surface area (Å²) in [7, 11) is 0. The van der Waals surface area contributed by atoms with E-state index in [0.717, 1.165) is 53.6 Å². The van der Waals surface area contributed by atoms with Crippen LogP contribution >= 0.6 is 22.9 Å². The minimum atomic E-state index is -0.758. The van der Waals surface area contributed by atoms with Crippen molar-refractivity contribution in [2.75, 3.05) is 23.3 Å². The summed E-state index contributed by atoms with van der Waals surface area (Å²) in [5.41, 5.74) is 2.35. The standard InChI is InChI=1S/C30H31ClFN7O3S/c1-14(2)36-15-6-7-39(11-15)28-35-9-17-18-12-41-13-19(18)21(23(31)24(17)37-28)25-22-16(8-33)27(38-29(40)42-30(3,4)5)43-26(22)20(32)10-34-25/h9-10,14-15,36H,6-7,11-13H2,1-5H3,(H,38,40)/t15-/m0/s1. The topological polar surface area (TPSA) is 125 Å². The van der Waals surface area contributed by atoms with Crippen molar-refractivity contribution in [1.29, 1.82) is 5.26 Å². The van der Waals surface area contributed by atoms with E-state index in [9.17, 15) is 10.1 Å². The number of carbonyl (C=O) groups is 1. The molecular weight excluding hydrogens is 593 g/mol. The van der Waals surface area contributed by atoms with Crippen molar-refractivity contribution in [3.8, 4) is 17.3 Å². The molecule has 0 spiro atoms. The highest BCUT2D eigenvalue weighted by molar-refractivity contribution is 7.23. The number of nitrogens with zero attached hydrogens (tertiary/aromatic N) is 5. The molecule has 2 N–H and O–H groups in total. The second-order valence-corrected chi connectivity index (χ2v) is 13.4. The van der Waals surface area contributed by atoms with Gasteiger partial charge in [0.15, 0.2) is 5.82 Å². The Morgan fingerprint density at radius 1 is 1.28 bits per heavy atom. The summed E-state index contributed by atoms with van der Waals surface area (Å²) in [6.07, 6.45) is 3.11. The molecule has 6 rings (SSSR count). The number of amides is 1. The first-order valence-corrected chi connectivity index (χ1v) is 15.2. The zero-order valence-electron chi connectivity index (χ0n) is 24.5. The molecule has 5 heterocycles. The molecule has 1 saturated heterocycles. The Kier molecular flexibility index (Phi) is 7.62. The summed E-state index contributed by atoms with van der Waals surface area (Å²) in [6, 6.07) is 2.84. The number of anilines is 2. The number of pyridine rings is 1. The molecule has 3 aromatic heterocycles. The average molecular weight is 624 g/mol. The first-order valence-electron chi connectivity index (χ1n) is 14.0. The molecule has 2 aliphatic heterocycles. The predicted octanol–water partition coefficient (Wildman–Crippen LogP) is 6.52. The van der Waals surface area contributed by atoms with Crippen LogP contribution in [0.25, 0.3) is 32.2 Å². The second-order valence-electron chi connectivity index (χ2n) is 12.0. The maximum atomic E-state index is 15.2. The number of thiophene rings is 1. The van der Waals surface area contributed by atoms with Crippen LogP contribution in [0, 0.1) is 17.1 Å². The van der Waals surface area contributed by atoms with Gasteiger partial charge in [0.05, 0.1) is 45.9 Å². The Hall–Kier alpha value is -3.63. The number of nitriles is 1. The van der Waals surface area contributed by atoms with Crippen LogP contribution in [0.5, 0.6) is 0 Å². The number of fused-ring (bicyclic) bond motifs is 4. The van der Waals surface area contributed by atoms with Gasteiger partial charge in [0.25, 0.3) is 0 Å². The largest absolute Gasteiger partial charge is 0.444 e. The third kappa shape index (κ3) is 5.47. The monoisotopic (exact) mass is 623 g/mol. The Balaban J connectivity index is 1.50. The van der Waals surface area contributed by atoms with E-state index in [1.165, 1.54) is 0 Å². The Labute approximate surface area is 257 Å². The summed E-state index contributed by atoms with van der Waals surface area (Å²) >= 11 is 8.10. The smallest absolute Gasteiger partial charge is 0.412 e. The number of hydrogen-bond donors (Lipinski definition) is 2. The number of benzene rings is 1. The van der Waals surface area contributed by atoms with E-state index in [2.05, 4.69) is 45.4 Å². The quantitative estimate of drug-likeness (QED) is 0.255. The second kappa shape index (κ2) is 11.1. The van der Waals surface area contributed by atoms with Crippen molar-refractivity contribution in [2.24, 2.45) is 0 Å². The minimum Gasteiger partial charge on any atom is -0.444 e. The highest BCUT2D eigenvalue weighted by atomic mass is 35.5. The molecule has 224 valence electrons. The van der Waals surface area contributed by atoms with Gasteiger partial charge in [-0.15, -0.1) is 11.3 Å². The molecule has 0 bridgehead atoms. The summed E-state index contributed by atoms with van der Waals surface area (Å²) in [4.78, 5) is 28.8. The first kappa shape index (κ1) is 29.4. The third-order valence-corrected chi connectivity index (χ3v) is 8.84. The average Bonchev–Trinajstić information content (AvgIpc) is 3.67. The molecule has 0 aliphatic carbocycles. The predicted molar refractivity (Wildman–Crippen MR) is 165 cm³/mol. The molecule has 1 atom stereocenters. The van der Waals surface area contributed by atoms with E-state index in [1.807, 2.05) is 0 Å². The lowest BCUT2D eigenvalue weighted by molar-refractivity contribution is 0.0636. The number of rotatable bonds is 5. The molecular formula is C30H31ClFN7O3S. The van der Waals surface area contributed by atoms with Crippen molar-refractivity contribution in [2.45, 2.75) is 71.9 Å². The third-order valence-electron chi connectivity index (χ3n) is 7.36. The van der Waals surface area contributed by atoms with Gasteiger partial charge in [-0.2, -0.15) is 5.26 Å². The van der Waals surface area contributed by atoms with Gasteiger partial charge in [0.1, 0.15) is 16.7 Å². The van der Waals surface area contributed by atoms with Crippen molar-refractivity contribution < 1.29 is 18.7 Å². The van der Waals surface area contributed by atoms with Crippen molar-refractivity contribution in [3.05, 3.63) is 39.9 Å². The summed E-state index contributed by atoms with van der Waals surface area (Å²) in [5, 5.41) is 17.9. The van der Waals surface area contributed by atoms with E-state index in [-0.39, 0.29) is 27.3 Å². The van der Waals surface area contributed by atoms with Crippen LogP contribution in [0.3, 0.4) is 0 Å². The summed E-state index contributed by atoms with van der Waals surface area (Å²) in [5.74, 6) is -0.0490. The number of ether oxygens (including phenoxy) is 2. The van der Waals surface area contributed by atoms with Gasteiger partial charge in [0, 0.05) is 47.7 Å². The summed E-state index contributed by atoms with van der Waals surface area (Å²) in [6.45, 7) is 11.6. The van der Waals surface area contributed by atoms with E-state index in [0.29, 0.717) is 46.4 Å². The fourth-order valence-electron chi connectivity index (χ4n) is 5.70. The fourth-order valence-corrected chi connectivity index (χ4v) is 7.09. The Bertz CT molecular complexity index is 1810. The van der Waals surface area contributed by atoms with E-state index < -0.39 is 17.5 Å². The maximum absolute atomic E-state index is 15.2. The Morgan fingerprint density at radius 2 is 2.05 bits per heavy atom. The molecule has 1 aromatic carbocycles. The molecule has 0 saturated carbocycles. The van der Waals surface area contributed by atoms with E-state index >= 15 is 4.39 Å². The molecule has 0 unspecified atom stereocenters. The van der Waals surface area contributed by atoms with E-state index in [1.54, 1.807) is 27.0 Å². The molecule has 1 fully saturated rings. The number of nitrogens with one attached hydrogen (secondary N) is 2. The first-order chi connectivity index (χ1) is 20.4. The molecule has 13 heteroatoms. The van der Waals surface area contributed by atoms with Gasteiger partial charge in [-0.05, 0) is 38.3 Å². The van der Waals surface area contributed by atoms with Crippen LogP contribution in [-0.4, -0.2) is 51.8 Å². The van der Waals surface area contributed by atoms with Crippen LogP contribution < -0.4 is 15.5 Å². The van der Waals surface area contributed by atoms with Crippen LogP contribution in [0.15, 0.2) is 12.4 Å². The molecule has 10 nitrogen and oxygen atoms in total. The van der Waals surface area contributed by atoms with Crippen LogP contribution in [0.4, 0.5) is 20.1 Å². The number of hydrogen-bond acceptors (Lipinski definition) is 10. The lowest BCUT2D eigenvalue weighted by Crippen LogP contribution is -2.37. The van der Waals surface area contributed by atoms with Gasteiger partial charge >= 0.3 is 6.09 Å². The molecule has 43 heavy (non-hydrogen) atoms. The molecule has 0 radical (unpaired) electrons. The highest BCUT2D eigenvalue weighted by Crippen LogP contribution is 2.47. The van der Waals surface area contributed by atoms with Gasteiger partial charge < -0.3 is 19.7 Å². The number of halogens is 2. The normalized spacial score (nSPS) is 16.7. The maximum Gasteiger partial charge on any atom is 0.412 e. The van der Waals surface area contributed by atoms with Gasteiger partial charge in [-0.1, -0.05) is 25.4 Å². The molecule has 2 aliphatic rings. The lowest BCUT2D eigenvalue weighted by Gasteiger charge is -2.20. The lowest BCUT2D eigenvalue weighted by atomic mass is 9.94. The zero-order chi connectivity index (χ0) is 30.6. The van der Waals surface area contributed by atoms with Crippen LogP contribution in [0.1, 0.15) is 57.7 Å². The van der Waals surface area contributed by atoms with Gasteiger partial charge in [-0.3, -0.25) is 10.3 Å². The zero-order valence-corrected chi connectivity index (χ0v) is 26.0. The molecule has 4 aromatic rings. The minimum absolute atomic E-state index is 0.0702. The molecule has 1 amide bonds. The van der Waals surface area contributed by atoms with Crippen molar-refractivity contribution >= 4 is 61.0 Å². The van der Waals surface area contributed by atoms with Crippen molar-refractivity contribution in [3.63, 3.8) is 0 Å². The van der Waals surface area contributed by atoms with Gasteiger partial charge in [-0.25, -0.2) is 19.2 Å². The van der Waals surface area contributed by atoms with Gasteiger partial charge in [0.2, 0.25) is 5.95 Å². The fraction of sp³-hybridized carbons (Fsp3) is 0.433. The van der Waals surface area contributed by atoms with E-state index in [4.69, 9.17) is 26.1 Å². The number of carbonyl (C=O) groups excluding carboxylic acids is 1. The number of aromatic nitrogens is 3. The SMILES string of the molecule is CC(C)N[C@H]1CCN(c2ncc3c4c(c(-c5ncc(F)c6sc(NC(=O)OC(C)(C)C)c(C#N)c56)c(Cl)c3n2)COC4)C1. The van der Waals surface area contributed by atoms with Crippen molar-refractivity contribution in [1.82, 2.24) is 20.3 Å².